The van der Waals surface area contributed by atoms with Gasteiger partial charge in [0.05, 0.1) is 12.1 Å². The van der Waals surface area contributed by atoms with Crippen LogP contribution < -0.4 is 10.1 Å². The minimum atomic E-state index is 0.633. The van der Waals surface area contributed by atoms with Crippen LogP contribution in [-0.2, 0) is 6.54 Å². The lowest BCUT2D eigenvalue weighted by atomic mass is 10.1. The Morgan fingerprint density at radius 3 is 2.80 bits per heavy atom. The van der Waals surface area contributed by atoms with Gasteiger partial charge in [-0.05, 0) is 42.0 Å². The second-order valence-electron chi connectivity index (χ2n) is 5.22. The number of methoxy groups -OCH3 is 1. The molecule has 0 aromatic heterocycles. The van der Waals surface area contributed by atoms with Crippen molar-refractivity contribution in [3.8, 4) is 5.75 Å². The number of rotatable bonds is 5. The van der Waals surface area contributed by atoms with E-state index in [1.165, 1.54) is 24.0 Å². The van der Waals surface area contributed by atoms with Crippen LogP contribution in [0.2, 0.25) is 5.02 Å². The van der Waals surface area contributed by atoms with Crippen LogP contribution in [0.5, 0.6) is 5.75 Å². The summed E-state index contributed by atoms with van der Waals surface area (Å²) < 4.78 is 5.22. The molecule has 2 aromatic rings. The fourth-order valence-electron chi connectivity index (χ4n) is 2.35. The molecule has 0 heterocycles. The van der Waals surface area contributed by atoms with E-state index in [9.17, 15) is 0 Å². The molecule has 20 heavy (non-hydrogen) atoms. The Bertz CT molecular complexity index is 608. The highest BCUT2D eigenvalue weighted by Crippen LogP contribution is 2.40. The van der Waals surface area contributed by atoms with Gasteiger partial charge in [0.25, 0.3) is 0 Å². The molecule has 0 bridgehead atoms. The number of nitrogens with one attached hydrogen (secondary N) is 1. The lowest BCUT2D eigenvalue weighted by Crippen LogP contribution is -2.00. The first-order valence-corrected chi connectivity index (χ1v) is 7.30. The van der Waals surface area contributed by atoms with Crippen LogP contribution in [0.25, 0.3) is 0 Å². The van der Waals surface area contributed by atoms with Gasteiger partial charge in [-0.1, -0.05) is 35.9 Å². The smallest absolute Gasteiger partial charge is 0.139 e. The number of benzene rings is 2. The summed E-state index contributed by atoms with van der Waals surface area (Å²) in [6.07, 6.45) is 2.68. The number of hydrogen-bond acceptors (Lipinski definition) is 2. The summed E-state index contributed by atoms with van der Waals surface area (Å²) in [6, 6.07) is 14.6. The number of anilines is 1. The Balaban J connectivity index is 1.68. The Hall–Kier alpha value is -1.67. The Labute approximate surface area is 124 Å². The Kier molecular flexibility index (Phi) is 3.83. The summed E-state index contributed by atoms with van der Waals surface area (Å²) in [4.78, 5) is 0. The van der Waals surface area contributed by atoms with Crippen molar-refractivity contribution in [2.45, 2.75) is 25.3 Å². The third kappa shape index (κ3) is 3.07. The molecule has 1 aliphatic rings. The van der Waals surface area contributed by atoms with Crippen molar-refractivity contribution in [1.82, 2.24) is 0 Å². The van der Waals surface area contributed by atoms with E-state index in [0.29, 0.717) is 10.8 Å². The summed E-state index contributed by atoms with van der Waals surface area (Å²) in [5.41, 5.74) is 3.80. The summed E-state index contributed by atoms with van der Waals surface area (Å²) in [6.45, 7) is 0.811. The molecule has 3 heteroatoms. The van der Waals surface area contributed by atoms with Crippen molar-refractivity contribution in [2.24, 2.45) is 0 Å². The third-order valence-electron chi connectivity index (χ3n) is 3.65. The van der Waals surface area contributed by atoms with Crippen LogP contribution in [0.15, 0.2) is 42.5 Å². The summed E-state index contributed by atoms with van der Waals surface area (Å²) >= 11 is 6.02. The van der Waals surface area contributed by atoms with Gasteiger partial charge in [-0.15, -0.1) is 0 Å². The molecule has 0 spiro atoms. The van der Waals surface area contributed by atoms with Gasteiger partial charge in [0, 0.05) is 18.3 Å². The molecule has 0 radical (unpaired) electrons. The summed E-state index contributed by atoms with van der Waals surface area (Å²) in [7, 11) is 1.63. The molecule has 2 nitrogen and oxygen atoms in total. The average molecular weight is 288 g/mol. The molecule has 104 valence electrons. The highest BCUT2D eigenvalue weighted by Gasteiger charge is 2.23. The van der Waals surface area contributed by atoms with Crippen molar-refractivity contribution in [3.05, 3.63) is 58.6 Å². The van der Waals surface area contributed by atoms with Crippen molar-refractivity contribution in [2.75, 3.05) is 12.4 Å². The molecule has 3 rings (SSSR count). The Morgan fingerprint density at radius 2 is 2.05 bits per heavy atom. The van der Waals surface area contributed by atoms with Crippen LogP contribution >= 0.6 is 11.6 Å². The molecule has 0 atom stereocenters. The first kappa shape index (κ1) is 13.3. The van der Waals surface area contributed by atoms with E-state index in [2.05, 4.69) is 29.6 Å². The second kappa shape index (κ2) is 5.76. The van der Waals surface area contributed by atoms with Crippen LogP contribution in [0.1, 0.15) is 29.9 Å². The van der Waals surface area contributed by atoms with Crippen LogP contribution in [-0.4, -0.2) is 7.11 Å². The zero-order valence-corrected chi connectivity index (χ0v) is 12.3. The van der Waals surface area contributed by atoms with E-state index in [-0.39, 0.29) is 0 Å². The van der Waals surface area contributed by atoms with Gasteiger partial charge in [-0.2, -0.15) is 0 Å². The lowest BCUT2D eigenvalue weighted by Gasteiger charge is -2.10. The molecule has 1 saturated carbocycles. The van der Waals surface area contributed by atoms with Gasteiger partial charge in [0.15, 0.2) is 0 Å². The van der Waals surface area contributed by atoms with Gasteiger partial charge in [0.1, 0.15) is 5.75 Å². The van der Waals surface area contributed by atoms with E-state index in [1.54, 1.807) is 7.11 Å². The molecule has 0 aliphatic heterocycles. The standard InChI is InChI=1S/C17H18ClNO/c1-20-17-10-15(7-8-16(17)18)19-11-12-3-2-4-14(9-12)13-5-6-13/h2-4,7-10,13,19H,5-6,11H2,1H3. The third-order valence-corrected chi connectivity index (χ3v) is 3.96. The average Bonchev–Trinajstić information content (AvgIpc) is 3.31. The zero-order chi connectivity index (χ0) is 13.9. The maximum absolute atomic E-state index is 6.02. The van der Waals surface area contributed by atoms with Gasteiger partial charge >= 0.3 is 0 Å². The SMILES string of the molecule is COc1cc(NCc2cccc(C3CC3)c2)ccc1Cl. The van der Waals surface area contributed by atoms with Crippen LogP contribution in [0.4, 0.5) is 5.69 Å². The molecule has 0 amide bonds. The summed E-state index contributed by atoms with van der Waals surface area (Å²) in [5, 5.41) is 4.04. The van der Waals surface area contributed by atoms with Crippen molar-refractivity contribution < 1.29 is 4.74 Å². The van der Waals surface area contributed by atoms with Gasteiger partial charge in [-0.25, -0.2) is 0 Å². The lowest BCUT2D eigenvalue weighted by molar-refractivity contribution is 0.415. The molecule has 0 saturated heterocycles. The van der Waals surface area contributed by atoms with E-state index in [0.717, 1.165) is 18.2 Å². The first-order chi connectivity index (χ1) is 9.76. The predicted molar refractivity (Wildman–Crippen MR) is 83.7 cm³/mol. The molecule has 0 unspecified atom stereocenters. The minimum Gasteiger partial charge on any atom is -0.495 e. The number of ether oxygens (including phenoxy) is 1. The van der Waals surface area contributed by atoms with Gasteiger partial charge in [0.2, 0.25) is 0 Å². The second-order valence-corrected chi connectivity index (χ2v) is 5.63. The monoisotopic (exact) mass is 287 g/mol. The molecular weight excluding hydrogens is 270 g/mol. The van der Waals surface area contributed by atoms with Crippen LogP contribution in [0, 0.1) is 0 Å². The maximum atomic E-state index is 6.02. The van der Waals surface area contributed by atoms with Crippen LogP contribution in [0.3, 0.4) is 0 Å². The zero-order valence-electron chi connectivity index (χ0n) is 11.5. The van der Waals surface area contributed by atoms with Gasteiger partial charge < -0.3 is 10.1 Å². The van der Waals surface area contributed by atoms with E-state index >= 15 is 0 Å². The number of hydrogen-bond donors (Lipinski definition) is 1. The molecule has 1 fully saturated rings. The van der Waals surface area contributed by atoms with E-state index in [4.69, 9.17) is 16.3 Å². The molecule has 1 N–H and O–H groups in total. The molecular formula is C17H18ClNO. The Morgan fingerprint density at radius 1 is 1.20 bits per heavy atom. The molecule has 1 aliphatic carbocycles. The van der Waals surface area contributed by atoms with E-state index in [1.807, 2.05) is 18.2 Å². The largest absolute Gasteiger partial charge is 0.495 e. The van der Waals surface area contributed by atoms with Crippen molar-refractivity contribution in [1.29, 1.82) is 0 Å². The fraction of sp³-hybridized carbons (Fsp3) is 0.294. The normalized spacial score (nSPS) is 14.1. The van der Waals surface area contributed by atoms with Crippen molar-refractivity contribution >= 4 is 17.3 Å². The quantitative estimate of drug-likeness (QED) is 0.850. The first-order valence-electron chi connectivity index (χ1n) is 6.92. The summed E-state index contributed by atoms with van der Waals surface area (Å²) in [5.74, 6) is 1.49. The topological polar surface area (TPSA) is 21.3 Å². The highest BCUT2D eigenvalue weighted by atomic mass is 35.5. The maximum Gasteiger partial charge on any atom is 0.139 e. The van der Waals surface area contributed by atoms with Crippen molar-refractivity contribution in [3.63, 3.8) is 0 Å². The number of halogens is 1. The highest BCUT2D eigenvalue weighted by molar-refractivity contribution is 6.32. The predicted octanol–water partition coefficient (Wildman–Crippen LogP) is 4.84. The fourth-order valence-corrected chi connectivity index (χ4v) is 2.54. The molecule has 2 aromatic carbocycles. The van der Waals surface area contributed by atoms with Gasteiger partial charge in [-0.3, -0.25) is 0 Å². The van der Waals surface area contributed by atoms with E-state index < -0.39 is 0 Å². The minimum absolute atomic E-state index is 0.633.